The first-order valence-electron chi connectivity index (χ1n) is 7.80. The normalized spacial score (nSPS) is 16.0. The van der Waals surface area contributed by atoms with Crippen LogP contribution in [-0.2, 0) is 6.54 Å². The zero-order valence-corrected chi connectivity index (χ0v) is 13.5. The SMILES string of the molecule is CCCCNC(=O)N1CC[NH+](Cc2cccc(Cl)c2)CC1. The Morgan fingerprint density at radius 2 is 2.14 bits per heavy atom. The van der Waals surface area contributed by atoms with Gasteiger partial charge in [0, 0.05) is 17.1 Å². The van der Waals surface area contributed by atoms with Gasteiger partial charge in [0.05, 0.1) is 26.2 Å². The summed E-state index contributed by atoms with van der Waals surface area (Å²) in [7, 11) is 0. The van der Waals surface area contributed by atoms with Crippen LogP contribution in [0.25, 0.3) is 0 Å². The molecule has 0 saturated carbocycles. The predicted octanol–water partition coefficient (Wildman–Crippen LogP) is 1.55. The highest BCUT2D eigenvalue weighted by atomic mass is 35.5. The molecule has 0 aliphatic carbocycles. The number of hydrogen-bond acceptors (Lipinski definition) is 1. The van der Waals surface area contributed by atoms with Crippen molar-refractivity contribution in [3.05, 3.63) is 34.9 Å². The molecule has 1 aromatic rings. The molecule has 1 heterocycles. The smallest absolute Gasteiger partial charge is 0.317 e. The molecular weight excluding hydrogens is 286 g/mol. The largest absolute Gasteiger partial charge is 0.338 e. The number of unbranched alkanes of at least 4 members (excludes halogenated alkanes) is 1. The van der Waals surface area contributed by atoms with Gasteiger partial charge in [-0.3, -0.25) is 0 Å². The van der Waals surface area contributed by atoms with E-state index in [0.717, 1.165) is 57.1 Å². The van der Waals surface area contributed by atoms with Crippen LogP contribution in [0, 0.1) is 0 Å². The van der Waals surface area contributed by atoms with Gasteiger partial charge in [0.25, 0.3) is 0 Å². The molecule has 0 spiro atoms. The Labute approximate surface area is 132 Å². The van der Waals surface area contributed by atoms with E-state index in [4.69, 9.17) is 11.6 Å². The average Bonchev–Trinajstić information content (AvgIpc) is 2.48. The third-order valence-corrected chi connectivity index (χ3v) is 4.14. The molecule has 1 fully saturated rings. The number of quaternary nitrogens is 1. The summed E-state index contributed by atoms with van der Waals surface area (Å²) in [5.74, 6) is 0. The Hall–Kier alpha value is -1.26. The summed E-state index contributed by atoms with van der Waals surface area (Å²) in [6.45, 7) is 7.53. The minimum atomic E-state index is 0.0882. The third-order valence-electron chi connectivity index (χ3n) is 3.91. The fourth-order valence-electron chi connectivity index (χ4n) is 2.62. The van der Waals surface area contributed by atoms with Crippen molar-refractivity contribution in [1.82, 2.24) is 10.2 Å². The standard InChI is InChI=1S/C16H24ClN3O/c1-2-3-7-18-16(21)20-10-8-19(9-11-20)13-14-5-4-6-15(17)12-14/h4-6,12H,2-3,7-11,13H2,1H3,(H,18,21)/p+1. The van der Waals surface area contributed by atoms with Crippen LogP contribution in [0.15, 0.2) is 24.3 Å². The van der Waals surface area contributed by atoms with Gasteiger partial charge in [0.2, 0.25) is 0 Å². The molecule has 2 N–H and O–H groups in total. The summed E-state index contributed by atoms with van der Waals surface area (Å²) in [5, 5.41) is 3.78. The first-order chi connectivity index (χ1) is 10.2. The number of nitrogens with zero attached hydrogens (tertiary/aromatic N) is 1. The highest BCUT2D eigenvalue weighted by molar-refractivity contribution is 6.30. The number of halogens is 1. The molecule has 2 rings (SSSR count). The van der Waals surface area contributed by atoms with E-state index < -0.39 is 0 Å². The molecule has 1 aliphatic heterocycles. The Morgan fingerprint density at radius 1 is 1.38 bits per heavy atom. The lowest BCUT2D eigenvalue weighted by Crippen LogP contribution is -3.13. The maximum absolute atomic E-state index is 12.0. The second-order valence-electron chi connectivity index (χ2n) is 5.63. The lowest BCUT2D eigenvalue weighted by atomic mass is 10.2. The molecule has 2 amide bonds. The molecule has 1 aromatic carbocycles. The predicted molar refractivity (Wildman–Crippen MR) is 85.7 cm³/mol. The topological polar surface area (TPSA) is 36.8 Å². The van der Waals surface area contributed by atoms with Gasteiger partial charge in [0.1, 0.15) is 6.54 Å². The molecule has 0 atom stereocenters. The first kappa shape index (κ1) is 16.1. The summed E-state index contributed by atoms with van der Waals surface area (Å²) in [4.78, 5) is 15.4. The van der Waals surface area contributed by atoms with Crippen molar-refractivity contribution in [2.75, 3.05) is 32.7 Å². The summed E-state index contributed by atoms with van der Waals surface area (Å²) in [6, 6.07) is 8.12. The van der Waals surface area contributed by atoms with E-state index in [-0.39, 0.29) is 6.03 Å². The summed E-state index contributed by atoms with van der Waals surface area (Å²) in [5.41, 5.74) is 1.26. The Kier molecular flexibility index (Phi) is 6.33. The lowest BCUT2D eigenvalue weighted by Gasteiger charge is -2.32. The van der Waals surface area contributed by atoms with E-state index in [1.54, 1.807) is 0 Å². The van der Waals surface area contributed by atoms with Gasteiger partial charge in [0.15, 0.2) is 0 Å². The van der Waals surface area contributed by atoms with Gasteiger partial charge in [-0.2, -0.15) is 0 Å². The van der Waals surface area contributed by atoms with Crippen molar-refractivity contribution in [3.8, 4) is 0 Å². The Balaban J connectivity index is 1.74. The maximum atomic E-state index is 12.0. The van der Waals surface area contributed by atoms with Gasteiger partial charge in [-0.05, 0) is 18.6 Å². The molecule has 0 radical (unpaired) electrons. The number of benzene rings is 1. The van der Waals surface area contributed by atoms with Crippen LogP contribution >= 0.6 is 11.6 Å². The number of nitrogens with one attached hydrogen (secondary N) is 2. The van der Waals surface area contributed by atoms with E-state index in [0.29, 0.717) is 0 Å². The van der Waals surface area contributed by atoms with Gasteiger partial charge in [-0.1, -0.05) is 37.1 Å². The molecule has 0 unspecified atom stereocenters. The number of piperazine rings is 1. The first-order valence-corrected chi connectivity index (χ1v) is 8.17. The highest BCUT2D eigenvalue weighted by Crippen LogP contribution is 2.09. The zero-order chi connectivity index (χ0) is 15.1. The Bertz CT molecular complexity index is 459. The Morgan fingerprint density at radius 3 is 2.81 bits per heavy atom. The second kappa shape index (κ2) is 8.25. The number of carbonyl (C=O) groups is 1. The molecule has 4 nitrogen and oxygen atoms in total. The van der Waals surface area contributed by atoms with Crippen LogP contribution in [0.2, 0.25) is 5.02 Å². The van der Waals surface area contributed by atoms with Crippen LogP contribution in [0.1, 0.15) is 25.3 Å². The van der Waals surface area contributed by atoms with Gasteiger partial charge < -0.3 is 15.1 Å². The quantitative estimate of drug-likeness (QED) is 0.796. The molecule has 116 valence electrons. The van der Waals surface area contributed by atoms with Crippen molar-refractivity contribution in [2.45, 2.75) is 26.3 Å². The van der Waals surface area contributed by atoms with Crippen LogP contribution in [0.5, 0.6) is 0 Å². The summed E-state index contributed by atoms with van der Waals surface area (Å²) >= 11 is 6.02. The van der Waals surface area contributed by atoms with Crippen LogP contribution in [0.4, 0.5) is 4.79 Å². The maximum Gasteiger partial charge on any atom is 0.317 e. The van der Waals surface area contributed by atoms with Crippen LogP contribution in [-0.4, -0.2) is 43.7 Å². The molecule has 1 saturated heterocycles. The van der Waals surface area contributed by atoms with Crippen molar-refractivity contribution < 1.29 is 9.69 Å². The molecule has 21 heavy (non-hydrogen) atoms. The molecule has 1 aliphatic rings. The van der Waals surface area contributed by atoms with E-state index >= 15 is 0 Å². The fraction of sp³-hybridized carbons (Fsp3) is 0.562. The van der Waals surface area contributed by atoms with Crippen molar-refractivity contribution >= 4 is 17.6 Å². The van der Waals surface area contributed by atoms with Gasteiger partial charge >= 0.3 is 6.03 Å². The van der Waals surface area contributed by atoms with Gasteiger partial charge in [-0.15, -0.1) is 0 Å². The van der Waals surface area contributed by atoms with Crippen LogP contribution in [0.3, 0.4) is 0 Å². The van der Waals surface area contributed by atoms with E-state index in [1.807, 2.05) is 23.1 Å². The number of carbonyl (C=O) groups excluding carboxylic acids is 1. The molecule has 0 aromatic heterocycles. The summed E-state index contributed by atoms with van der Waals surface area (Å²) < 4.78 is 0. The van der Waals surface area contributed by atoms with Crippen molar-refractivity contribution in [1.29, 1.82) is 0 Å². The monoisotopic (exact) mass is 310 g/mol. The minimum Gasteiger partial charge on any atom is -0.338 e. The van der Waals surface area contributed by atoms with E-state index in [9.17, 15) is 4.79 Å². The highest BCUT2D eigenvalue weighted by Gasteiger charge is 2.23. The fourth-order valence-corrected chi connectivity index (χ4v) is 2.84. The zero-order valence-electron chi connectivity index (χ0n) is 12.7. The third kappa shape index (κ3) is 5.21. The number of amides is 2. The van der Waals surface area contributed by atoms with Crippen LogP contribution < -0.4 is 10.2 Å². The molecule has 0 bridgehead atoms. The molecule has 5 heteroatoms. The molecular formula is C16H25ClN3O+. The lowest BCUT2D eigenvalue weighted by molar-refractivity contribution is -0.917. The van der Waals surface area contributed by atoms with Gasteiger partial charge in [-0.25, -0.2) is 4.79 Å². The second-order valence-corrected chi connectivity index (χ2v) is 6.07. The van der Waals surface area contributed by atoms with E-state index in [1.165, 1.54) is 10.5 Å². The average molecular weight is 311 g/mol. The minimum absolute atomic E-state index is 0.0882. The van der Waals surface area contributed by atoms with E-state index in [2.05, 4.69) is 18.3 Å². The number of rotatable bonds is 5. The summed E-state index contributed by atoms with van der Waals surface area (Å²) in [6.07, 6.45) is 2.16. The van der Waals surface area contributed by atoms with Crippen molar-refractivity contribution in [3.63, 3.8) is 0 Å². The number of hydrogen-bond donors (Lipinski definition) is 2. The van der Waals surface area contributed by atoms with Crippen molar-refractivity contribution in [2.24, 2.45) is 0 Å². The number of urea groups is 1.